The van der Waals surface area contributed by atoms with E-state index in [1.807, 2.05) is 13.8 Å². The highest BCUT2D eigenvalue weighted by Crippen LogP contribution is 2.32. The molecule has 2 rings (SSSR count). The van der Waals surface area contributed by atoms with Gasteiger partial charge in [0.1, 0.15) is 0 Å². The highest BCUT2D eigenvalue weighted by Gasteiger charge is 2.19. The lowest BCUT2D eigenvalue weighted by Crippen LogP contribution is -2.29. The first-order chi connectivity index (χ1) is 9.77. The average Bonchev–Trinajstić information content (AvgIpc) is 3.05. The third-order valence-electron chi connectivity index (χ3n) is 4.71. The minimum Gasteiger partial charge on any atom is -0.384 e. The minimum atomic E-state index is 0.816. The van der Waals surface area contributed by atoms with E-state index in [0.29, 0.717) is 0 Å². The lowest BCUT2D eigenvalue weighted by molar-refractivity contribution is 0.135. The Morgan fingerprint density at radius 3 is 2.05 bits per heavy atom. The Balaban J connectivity index is 0.000000321. The van der Waals surface area contributed by atoms with E-state index in [1.54, 1.807) is 7.11 Å². The third-order valence-corrected chi connectivity index (χ3v) is 4.71. The summed E-state index contributed by atoms with van der Waals surface area (Å²) in [6.45, 7) is 12.0. The highest BCUT2D eigenvalue weighted by atomic mass is 16.5. The quantitative estimate of drug-likeness (QED) is 0.794. The number of methoxy groups -OCH3 is 1. The fourth-order valence-electron chi connectivity index (χ4n) is 3.14. The first-order valence-electron chi connectivity index (χ1n) is 8.97. The molecule has 0 radical (unpaired) electrons. The van der Waals surface area contributed by atoms with Crippen molar-refractivity contribution in [2.45, 2.75) is 72.6 Å². The van der Waals surface area contributed by atoms with Crippen molar-refractivity contribution >= 4 is 0 Å². The van der Waals surface area contributed by atoms with Gasteiger partial charge in [0.25, 0.3) is 0 Å². The molecule has 1 saturated carbocycles. The predicted octanol–water partition coefficient (Wildman–Crippen LogP) is 4.88. The number of ether oxygens (including phenoxy) is 1. The second kappa shape index (κ2) is 13.9. The maximum absolute atomic E-state index is 5.05. The Hall–Kier alpha value is -0.0800. The molecule has 1 saturated heterocycles. The Morgan fingerprint density at radius 1 is 1.05 bits per heavy atom. The maximum Gasteiger partial charge on any atom is 0.0491 e. The molecule has 2 aliphatic rings. The molecule has 0 aromatic rings. The van der Waals surface area contributed by atoms with Gasteiger partial charge in [-0.2, -0.15) is 0 Å². The molecule has 20 heavy (non-hydrogen) atoms. The monoisotopic (exact) mass is 285 g/mol. The van der Waals surface area contributed by atoms with E-state index in [0.717, 1.165) is 24.4 Å². The Labute approximate surface area is 128 Å². The molecule has 1 aliphatic heterocycles. The molecule has 0 aromatic heterocycles. The predicted molar refractivity (Wildman–Crippen MR) is 90.2 cm³/mol. The van der Waals surface area contributed by atoms with Crippen LogP contribution in [0.2, 0.25) is 0 Å². The molecule has 1 N–H and O–H groups in total. The third kappa shape index (κ3) is 8.97. The van der Waals surface area contributed by atoms with Crippen molar-refractivity contribution in [3.63, 3.8) is 0 Å². The van der Waals surface area contributed by atoms with Crippen molar-refractivity contribution in [2.24, 2.45) is 17.8 Å². The highest BCUT2D eigenvalue weighted by molar-refractivity contribution is 4.71. The number of rotatable bonds is 4. The van der Waals surface area contributed by atoms with Crippen molar-refractivity contribution in [1.82, 2.24) is 5.32 Å². The van der Waals surface area contributed by atoms with E-state index in [4.69, 9.17) is 4.74 Å². The van der Waals surface area contributed by atoms with E-state index in [1.165, 1.54) is 58.0 Å². The van der Waals surface area contributed by atoms with Gasteiger partial charge in [-0.05, 0) is 43.7 Å². The molecule has 1 heterocycles. The van der Waals surface area contributed by atoms with Crippen LogP contribution in [-0.4, -0.2) is 26.8 Å². The van der Waals surface area contributed by atoms with E-state index in [-0.39, 0.29) is 0 Å². The fraction of sp³-hybridized carbons (Fsp3) is 1.00. The Kier molecular flexibility index (Phi) is 13.8. The van der Waals surface area contributed by atoms with Gasteiger partial charge in [-0.25, -0.2) is 0 Å². The van der Waals surface area contributed by atoms with Crippen LogP contribution >= 0.6 is 0 Å². The molecule has 2 heteroatoms. The van der Waals surface area contributed by atoms with Gasteiger partial charge in [0.2, 0.25) is 0 Å². The first kappa shape index (κ1) is 19.9. The van der Waals surface area contributed by atoms with Gasteiger partial charge >= 0.3 is 0 Å². The van der Waals surface area contributed by atoms with Gasteiger partial charge in [-0.15, -0.1) is 0 Å². The number of piperidine rings is 1. The molecular weight excluding hydrogens is 246 g/mol. The molecule has 2 nitrogen and oxygen atoms in total. The zero-order valence-corrected chi connectivity index (χ0v) is 14.7. The van der Waals surface area contributed by atoms with Gasteiger partial charge in [-0.3, -0.25) is 0 Å². The van der Waals surface area contributed by atoms with Crippen LogP contribution in [0.4, 0.5) is 0 Å². The van der Waals surface area contributed by atoms with Crippen LogP contribution in [0.15, 0.2) is 0 Å². The van der Waals surface area contributed by atoms with Crippen LogP contribution in [0.25, 0.3) is 0 Å². The molecule has 2 fully saturated rings. The topological polar surface area (TPSA) is 21.3 Å². The smallest absolute Gasteiger partial charge is 0.0491 e. The molecule has 1 unspecified atom stereocenters. The summed E-state index contributed by atoms with van der Waals surface area (Å²) in [7, 11) is 1.78. The van der Waals surface area contributed by atoms with E-state index in [2.05, 4.69) is 19.2 Å². The average molecular weight is 286 g/mol. The van der Waals surface area contributed by atoms with Crippen LogP contribution in [0.1, 0.15) is 72.6 Å². The summed E-state index contributed by atoms with van der Waals surface area (Å²) in [4.78, 5) is 0. The first-order valence-corrected chi connectivity index (χ1v) is 8.97. The summed E-state index contributed by atoms with van der Waals surface area (Å²) < 4.78 is 5.05. The molecular formula is C18H39NO. The molecule has 0 spiro atoms. The van der Waals surface area contributed by atoms with Gasteiger partial charge in [0.05, 0.1) is 0 Å². The molecule has 1 atom stereocenters. The molecule has 122 valence electrons. The fourth-order valence-corrected chi connectivity index (χ4v) is 3.14. The van der Waals surface area contributed by atoms with E-state index in [9.17, 15) is 0 Å². The summed E-state index contributed by atoms with van der Waals surface area (Å²) in [5, 5.41) is 3.32. The second-order valence-electron chi connectivity index (χ2n) is 6.08. The van der Waals surface area contributed by atoms with Gasteiger partial charge in [0, 0.05) is 13.7 Å². The van der Waals surface area contributed by atoms with Crippen molar-refractivity contribution in [2.75, 3.05) is 26.8 Å². The van der Waals surface area contributed by atoms with Gasteiger partial charge in [-0.1, -0.05) is 59.8 Å². The van der Waals surface area contributed by atoms with Crippen LogP contribution in [-0.2, 0) is 4.74 Å². The van der Waals surface area contributed by atoms with Crippen molar-refractivity contribution in [3.8, 4) is 0 Å². The lowest BCUT2D eigenvalue weighted by atomic mass is 9.91. The maximum atomic E-state index is 5.05. The normalized spacial score (nSPS) is 21.4. The summed E-state index contributed by atoms with van der Waals surface area (Å²) in [5.74, 6) is 2.89. The van der Waals surface area contributed by atoms with Crippen LogP contribution in [0.5, 0.6) is 0 Å². The van der Waals surface area contributed by atoms with Crippen molar-refractivity contribution < 1.29 is 4.74 Å². The zero-order valence-electron chi connectivity index (χ0n) is 14.7. The largest absolute Gasteiger partial charge is 0.384 e. The Bertz CT molecular complexity index is 181. The van der Waals surface area contributed by atoms with Crippen molar-refractivity contribution in [1.29, 1.82) is 0 Å². The summed E-state index contributed by atoms with van der Waals surface area (Å²) in [6.07, 6.45) is 9.96. The number of hydrogen-bond acceptors (Lipinski definition) is 2. The Morgan fingerprint density at radius 2 is 1.60 bits per heavy atom. The van der Waals surface area contributed by atoms with E-state index >= 15 is 0 Å². The SMILES string of the molecule is CC.CCC(C)C1CCCC1.COCC1CCNCC1. The van der Waals surface area contributed by atoms with Crippen molar-refractivity contribution in [3.05, 3.63) is 0 Å². The standard InChI is InChI=1S/C9H18.C7H15NO.C2H6/c1-3-8(2)9-6-4-5-7-9;1-9-6-7-2-4-8-5-3-7;1-2/h8-9H,3-7H2,1-2H3;7-8H,2-6H2,1H3;1-2H3. The van der Waals surface area contributed by atoms with Gasteiger partial charge in [0.15, 0.2) is 0 Å². The molecule has 0 aromatic carbocycles. The number of hydrogen-bond donors (Lipinski definition) is 1. The molecule has 0 bridgehead atoms. The minimum absolute atomic E-state index is 0.816. The summed E-state index contributed by atoms with van der Waals surface area (Å²) in [5.41, 5.74) is 0. The van der Waals surface area contributed by atoms with Gasteiger partial charge < -0.3 is 10.1 Å². The zero-order chi connectivity index (χ0) is 15.2. The number of nitrogens with one attached hydrogen (secondary N) is 1. The summed E-state index contributed by atoms with van der Waals surface area (Å²) in [6, 6.07) is 0. The van der Waals surface area contributed by atoms with Crippen LogP contribution in [0.3, 0.4) is 0 Å². The lowest BCUT2D eigenvalue weighted by Gasteiger charge is -2.21. The van der Waals surface area contributed by atoms with Crippen LogP contribution < -0.4 is 5.32 Å². The second-order valence-corrected chi connectivity index (χ2v) is 6.08. The van der Waals surface area contributed by atoms with E-state index < -0.39 is 0 Å². The van der Waals surface area contributed by atoms with Crippen LogP contribution in [0, 0.1) is 17.8 Å². The molecule has 1 aliphatic carbocycles. The summed E-state index contributed by atoms with van der Waals surface area (Å²) >= 11 is 0. The molecule has 0 amide bonds.